The van der Waals surface area contributed by atoms with Gasteiger partial charge in [0.2, 0.25) is 0 Å². The van der Waals surface area contributed by atoms with Crippen LogP contribution in [0.25, 0.3) is 10.9 Å². The number of para-hydroxylation sites is 1. The highest BCUT2D eigenvalue weighted by molar-refractivity contribution is 5.93. The van der Waals surface area contributed by atoms with Gasteiger partial charge >= 0.3 is 0 Å². The molecule has 3 heteroatoms. The highest BCUT2D eigenvalue weighted by Crippen LogP contribution is 2.28. The molecule has 0 radical (unpaired) electrons. The van der Waals surface area contributed by atoms with E-state index in [4.69, 9.17) is 0 Å². The van der Waals surface area contributed by atoms with Crippen LogP contribution in [0.5, 0.6) is 0 Å². The second-order valence-electron chi connectivity index (χ2n) is 5.32. The summed E-state index contributed by atoms with van der Waals surface area (Å²) in [4.78, 5) is 2.38. The molecule has 96 valence electrons. The van der Waals surface area contributed by atoms with Crippen LogP contribution in [0.1, 0.15) is 12.8 Å². The van der Waals surface area contributed by atoms with Crippen LogP contribution in [0.3, 0.4) is 0 Å². The molecule has 1 atom stereocenters. The summed E-state index contributed by atoms with van der Waals surface area (Å²) in [7, 11) is 4.31. The number of likely N-dealkylation sites (N-methyl/N-ethyl adjacent to an activating group) is 1. The van der Waals surface area contributed by atoms with E-state index in [0.717, 1.165) is 6.54 Å². The number of benzene rings is 1. The van der Waals surface area contributed by atoms with Crippen LogP contribution in [0.15, 0.2) is 30.5 Å². The minimum absolute atomic E-state index is 0.647. The van der Waals surface area contributed by atoms with Crippen molar-refractivity contribution in [2.75, 3.05) is 25.0 Å². The van der Waals surface area contributed by atoms with Gasteiger partial charge in [0.25, 0.3) is 0 Å². The minimum Gasteiger partial charge on any atom is -0.371 e. The van der Waals surface area contributed by atoms with Gasteiger partial charge in [-0.05, 0) is 25.5 Å². The smallest absolute Gasteiger partial charge is 0.0623 e. The van der Waals surface area contributed by atoms with Crippen LogP contribution in [0.4, 0.5) is 5.69 Å². The minimum atomic E-state index is 0.647. The summed E-state index contributed by atoms with van der Waals surface area (Å²) in [5.74, 6) is 0. The Kier molecular flexibility index (Phi) is 3.00. The van der Waals surface area contributed by atoms with E-state index in [1.54, 1.807) is 0 Å². The quantitative estimate of drug-likeness (QED) is 0.893. The average Bonchev–Trinajstić information content (AvgIpc) is 2.98. The molecule has 1 aliphatic heterocycles. The number of aromatic nitrogens is 1. The zero-order valence-corrected chi connectivity index (χ0v) is 11.2. The second kappa shape index (κ2) is 4.65. The van der Waals surface area contributed by atoms with Gasteiger partial charge in [0.05, 0.1) is 5.69 Å². The lowest BCUT2D eigenvalue weighted by Crippen LogP contribution is -2.35. The average molecular weight is 243 g/mol. The molecule has 1 fully saturated rings. The molecule has 0 spiro atoms. The van der Waals surface area contributed by atoms with Crippen molar-refractivity contribution in [3.8, 4) is 0 Å². The molecule has 0 aliphatic carbocycles. The second-order valence-corrected chi connectivity index (χ2v) is 5.32. The van der Waals surface area contributed by atoms with Crippen molar-refractivity contribution in [2.24, 2.45) is 7.05 Å². The third kappa shape index (κ3) is 1.99. The summed E-state index contributed by atoms with van der Waals surface area (Å²) in [5, 5.41) is 4.91. The van der Waals surface area contributed by atoms with Crippen molar-refractivity contribution in [3.05, 3.63) is 30.5 Å². The van der Waals surface area contributed by atoms with Gasteiger partial charge in [0, 0.05) is 43.8 Å². The Morgan fingerprint density at radius 1 is 1.39 bits per heavy atom. The monoisotopic (exact) mass is 243 g/mol. The summed E-state index contributed by atoms with van der Waals surface area (Å²) in [6, 6.07) is 9.26. The normalized spacial score (nSPS) is 19.6. The van der Waals surface area contributed by atoms with Crippen molar-refractivity contribution >= 4 is 16.6 Å². The van der Waals surface area contributed by atoms with Gasteiger partial charge in [-0.15, -0.1) is 0 Å². The van der Waals surface area contributed by atoms with Crippen LogP contribution in [0, 0.1) is 0 Å². The first-order chi connectivity index (χ1) is 8.75. The van der Waals surface area contributed by atoms with Gasteiger partial charge < -0.3 is 14.8 Å². The fourth-order valence-electron chi connectivity index (χ4n) is 2.97. The predicted octanol–water partition coefficient (Wildman–Crippen LogP) is 2.37. The van der Waals surface area contributed by atoms with Crippen molar-refractivity contribution in [1.82, 2.24) is 9.88 Å². The topological polar surface area (TPSA) is 20.2 Å². The molecule has 0 saturated carbocycles. The highest BCUT2D eigenvalue weighted by atomic mass is 15.2. The molecule has 1 aromatic heterocycles. The molecular formula is C15H21N3. The predicted molar refractivity (Wildman–Crippen MR) is 77.2 cm³/mol. The van der Waals surface area contributed by atoms with E-state index in [2.05, 4.69) is 59.3 Å². The van der Waals surface area contributed by atoms with E-state index in [-0.39, 0.29) is 0 Å². The molecule has 0 amide bonds. The van der Waals surface area contributed by atoms with E-state index >= 15 is 0 Å². The molecule has 18 heavy (non-hydrogen) atoms. The molecule has 1 N–H and O–H groups in total. The molecule has 1 aromatic carbocycles. The summed E-state index contributed by atoms with van der Waals surface area (Å²) in [5.41, 5.74) is 2.64. The number of anilines is 1. The molecular weight excluding hydrogens is 222 g/mol. The summed E-state index contributed by atoms with van der Waals surface area (Å²) < 4.78 is 2.21. The molecule has 1 saturated heterocycles. The molecule has 3 nitrogen and oxygen atoms in total. The Balaban J connectivity index is 1.88. The van der Waals surface area contributed by atoms with Gasteiger partial charge in [0.1, 0.15) is 0 Å². The highest BCUT2D eigenvalue weighted by Gasteiger charge is 2.18. The van der Waals surface area contributed by atoms with Gasteiger partial charge in [-0.3, -0.25) is 0 Å². The summed E-state index contributed by atoms with van der Waals surface area (Å²) in [6.45, 7) is 2.27. The number of hydrogen-bond acceptors (Lipinski definition) is 2. The van der Waals surface area contributed by atoms with E-state index in [9.17, 15) is 0 Å². The zero-order chi connectivity index (χ0) is 12.5. The summed E-state index contributed by atoms with van der Waals surface area (Å²) >= 11 is 0. The van der Waals surface area contributed by atoms with Crippen molar-refractivity contribution in [2.45, 2.75) is 18.9 Å². The standard InChI is InChI=1S/C15H21N3/c1-17(10-12-6-5-9-16-12)15-11-18(2)14-8-4-3-7-13(14)15/h3-4,7-8,11-12,16H,5-6,9-10H2,1-2H3. The third-order valence-corrected chi connectivity index (χ3v) is 3.94. The molecule has 2 heterocycles. The molecule has 0 bridgehead atoms. The van der Waals surface area contributed by atoms with Crippen LogP contribution >= 0.6 is 0 Å². The van der Waals surface area contributed by atoms with Crippen molar-refractivity contribution in [1.29, 1.82) is 0 Å². The van der Waals surface area contributed by atoms with Crippen molar-refractivity contribution < 1.29 is 0 Å². The number of nitrogens with one attached hydrogen (secondary N) is 1. The maximum atomic E-state index is 3.56. The maximum absolute atomic E-state index is 3.56. The first-order valence-corrected chi connectivity index (χ1v) is 6.74. The first-order valence-electron chi connectivity index (χ1n) is 6.74. The third-order valence-electron chi connectivity index (χ3n) is 3.94. The van der Waals surface area contributed by atoms with Gasteiger partial charge in [-0.1, -0.05) is 18.2 Å². The lowest BCUT2D eigenvalue weighted by atomic mass is 10.2. The zero-order valence-electron chi connectivity index (χ0n) is 11.2. The van der Waals surface area contributed by atoms with E-state index in [1.165, 1.54) is 36.0 Å². The van der Waals surface area contributed by atoms with Gasteiger partial charge in [-0.2, -0.15) is 0 Å². The molecule has 2 aromatic rings. The van der Waals surface area contributed by atoms with Gasteiger partial charge in [0.15, 0.2) is 0 Å². The fourth-order valence-corrected chi connectivity index (χ4v) is 2.97. The SMILES string of the molecule is CN(CC1CCCN1)c1cn(C)c2ccccc12. The Bertz CT molecular complexity index is 538. The number of nitrogens with zero attached hydrogens (tertiary/aromatic N) is 2. The van der Waals surface area contributed by atoms with E-state index < -0.39 is 0 Å². The lowest BCUT2D eigenvalue weighted by Gasteiger charge is -2.22. The lowest BCUT2D eigenvalue weighted by molar-refractivity contribution is 0.600. The van der Waals surface area contributed by atoms with E-state index in [0.29, 0.717) is 6.04 Å². The summed E-state index contributed by atoms with van der Waals surface area (Å²) in [6.07, 6.45) is 4.85. The Morgan fingerprint density at radius 2 is 2.22 bits per heavy atom. The maximum Gasteiger partial charge on any atom is 0.0623 e. The van der Waals surface area contributed by atoms with Crippen LogP contribution in [0.2, 0.25) is 0 Å². The van der Waals surface area contributed by atoms with Gasteiger partial charge in [-0.25, -0.2) is 0 Å². The molecule has 3 rings (SSSR count). The number of aryl methyl sites for hydroxylation is 1. The Hall–Kier alpha value is -1.48. The number of hydrogen-bond donors (Lipinski definition) is 1. The van der Waals surface area contributed by atoms with E-state index in [1.807, 2.05) is 0 Å². The Morgan fingerprint density at radius 3 is 3.00 bits per heavy atom. The van der Waals surface area contributed by atoms with Crippen LogP contribution in [-0.4, -0.2) is 30.7 Å². The fraction of sp³-hybridized carbons (Fsp3) is 0.467. The van der Waals surface area contributed by atoms with Crippen molar-refractivity contribution in [3.63, 3.8) is 0 Å². The van der Waals surface area contributed by atoms with Crippen LogP contribution in [-0.2, 0) is 7.05 Å². The first kappa shape index (κ1) is 11.6. The molecule has 1 aliphatic rings. The van der Waals surface area contributed by atoms with Crippen LogP contribution < -0.4 is 10.2 Å². The number of fused-ring (bicyclic) bond motifs is 1. The molecule has 1 unspecified atom stereocenters. The Labute approximate surface area is 108 Å². The largest absolute Gasteiger partial charge is 0.371 e. The number of rotatable bonds is 3.